The van der Waals surface area contributed by atoms with E-state index >= 15 is 0 Å². The number of alkyl halides is 1. The number of carbonyl (C=O) groups is 1. The lowest BCUT2D eigenvalue weighted by molar-refractivity contribution is -0.117. The van der Waals surface area contributed by atoms with Gasteiger partial charge in [0.2, 0.25) is 5.91 Å². The number of likely N-dealkylation sites (N-methyl/N-ethyl adjacent to an activating group) is 1. The first-order valence-electron chi connectivity index (χ1n) is 5.85. The summed E-state index contributed by atoms with van der Waals surface area (Å²) in [5.74, 6) is 0.698. The second-order valence-electron chi connectivity index (χ2n) is 4.52. The summed E-state index contributed by atoms with van der Waals surface area (Å²) in [5.41, 5.74) is 2.83. The van der Waals surface area contributed by atoms with Crippen LogP contribution < -0.4 is 4.90 Å². The van der Waals surface area contributed by atoms with Gasteiger partial charge in [-0.25, -0.2) is 0 Å². The van der Waals surface area contributed by atoms with Crippen LogP contribution in [0.4, 0.5) is 5.69 Å². The van der Waals surface area contributed by atoms with Crippen LogP contribution >= 0.6 is 23.2 Å². The summed E-state index contributed by atoms with van der Waals surface area (Å²) >= 11 is 12.1. The molecule has 19 heavy (non-hydrogen) atoms. The Morgan fingerprint density at radius 2 is 2.11 bits per heavy atom. The average Bonchev–Trinajstić information content (AvgIpc) is 2.94. The van der Waals surface area contributed by atoms with Gasteiger partial charge in [-0.1, -0.05) is 12.1 Å². The Balaban J connectivity index is 1.95. The fourth-order valence-corrected chi connectivity index (χ4v) is 2.68. The number of amides is 1. The van der Waals surface area contributed by atoms with Crippen LogP contribution in [-0.2, 0) is 11.2 Å². The molecule has 2 aromatic rings. The summed E-state index contributed by atoms with van der Waals surface area (Å²) in [6.45, 7) is 0. The molecule has 0 fully saturated rings. The quantitative estimate of drug-likeness (QED) is 0.790. The van der Waals surface area contributed by atoms with Crippen LogP contribution in [0.1, 0.15) is 22.3 Å². The molecule has 1 amide bonds. The molecule has 0 radical (unpaired) electrons. The summed E-state index contributed by atoms with van der Waals surface area (Å²) < 4.78 is 5.32. The second kappa shape index (κ2) is 4.58. The van der Waals surface area contributed by atoms with E-state index in [4.69, 9.17) is 27.6 Å². The number of fused-ring (bicyclic) bond motifs is 1. The molecule has 5 heteroatoms. The third kappa shape index (κ3) is 2.13. The van der Waals surface area contributed by atoms with Gasteiger partial charge in [-0.2, -0.15) is 0 Å². The van der Waals surface area contributed by atoms with E-state index in [0.29, 0.717) is 17.4 Å². The Bertz CT molecular complexity index is 651. The minimum atomic E-state index is -0.404. The molecule has 1 aromatic carbocycles. The van der Waals surface area contributed by atoms with Crippen molar-refractivity contribution in [3.05, 3.63) is 52.4 Å². The molecule has 1 aromatic heterocycles. The molecule has 0 N–H and O–H groups in total. The van der Waals surface area contributed by atoms with E-state index in [2.05, 4.69) is 0 Å². The van der Waals surface area contributed by atoms with Crippen molar-refractivity contribution in [1.82, 2.24) is 0 Å². The van der Waals surface area contributed by atoms with Gasteiger partial charge >= 0.3 is 0 Å². The van der Waals surface area contributed by atoms with E-state index in [-0.39, 0.29) is 5.91 Å². The molecule has 3 rings (SSSR count). The average molecular weight is 296 g/mol. The van der Waals surface area contributed by atoms with Crippen molar-refractivity contribution < 1.29 is 9.21 Å². The van der Waals surface area contributed by atoms with E-state index in [0.717, 1.165) is 16.8 Å². The number of hydrogen-bond acceptors (Lipinski definition) is 2. The largest absolute Gasteiger partial charge is 0.448 e. The monoisotopic (exact) mass is 295 g/mol. The van der Waals surface area contributed by atoms with Gasteiger partial charge in [-0.05, 0) is 40.9 Å². The van der Waals surface area contributed by atoms with E-state index in [1.807, 2.05) is 18.2 Å². The van der Waals surface area contributed by atoms with Crippen LogP contribution in [0.5, 0.6) is 0 Å². The highest BCUT2D eigenvalue weighted by Crippen LogP contribution is 2.35. The SMILES string of the molecule is CN1C(=O)Cc2cc(C(Cl)c3ccc(Cl)o3)ccc21. The van der Waals surface area contributed by atoms with E-state index in [1.54, 1.807) is 24.1 Å². The topological polar surface area (TPSA) is 33.5 Å². The molecule has 0 bridgehead atoms. The van der Waals surface area contributed by atoms with Gasteiger partial charge < -0.3 is 9.32 Å². The fourth-order valence-electron chi connectivity index (χ4n) is 2.28. The van der Waals surface area contributed by atoms with Gasteiger partial charge in [0.25, 0.3) is 0 Å². The summed E-state index contributed by atoms with van der Waals surface area (Å²) in [7, 11) is 1.78. The summed E-state index contributed by atoms with van der Waals surface area (Å²) in [6.07, 6.45) is 0.419. The normalized spacial score (nSPS) is 15.7. The number of benzene rings is 1. The fraction of sp³-hybridized carbons (Fsp3) is 0.214. The van der Waals surface area contributed by atoms with Crippen LogP contribution in [0.25, 0.3) is 0 Å². The zero-order chi connectivity index (χ0) is 13.6. The Labute approximate surface area is 120 Å². The van der Waals surface area contributed by atoms with Crippen molar-refractivity contribution in [3.63, 3.8) is 0 Å². The number of hydrogen-bond donors (Lipinski definition) is 0. The molecule has 2 heterocycles. The Morgan fingerprint density at radius 1 is 1.32 bits per heavy atom. The third-order valence-corrected chi connectivity index (χ3v) is 3.99. The van der Waals surface area contributed by atoms with Crippen LogP contribution in [0.2, 0.25) is 5.22 Å². The predicted molar refractivity (Wildman–Crippen MR) is 75.0 cm³/mol. The van der Waals surface area contributed by atoms with Gasteiger partial charge in [-0.3, -0.25) is 4.79 Å². The van der Waals surface area contributed by atoms with Gasteiger partial charge in [0.1, 0.15) is 11.1 Å². The lowest BCUT2D eigenvalue weighted by Crippen LogP contribution is -2.20. The molecule has 0 saturated carbocycles. The van der Waals surface area contributed by atoms with Crippen LogP contribution in [-0.4, -0.2) is 13.0 Å². The molecular weight excluding hydrogens is 285 g/mol. The maximum absolute atomic E-state index is 11.6. The molecule has 1 atom stereocenters. The van der Waals surface area contributed by atoms with E-state index in [1.165, 1.54) is 0 Å². The Hall–Kier alpha value is -1.45. The number of carbonyl (C=O) groups excluding carboxylic acids is 1. The number of anilines is 1. The molecule has 0 saturated heterocycles. The highest BCUT2D eigenvalue weighted by Gasteiger charge is 2.25. The number of rotatable bonds is 2. The molecule has 98 valence electrons. The molecular formula is C14H11Cl2NO2. The van der Waals surface area contributed by atoms with Crippen molar-refractivity contribution in [2.45, 2.75) is 11.8 Å². The summed E-state index contributed by atoms with van der Waals surface area (Å²) in [4.78, 5) is 13.3. The van der Waals surface area contributed by atoms with Crippen molar-refractivity contribution in [3.8, 4) is 0 Å². The zero-order valence-corrected chi connectivity index (χ0v) is 11.7. The number of furan rings is 1. The molecule has 0 spiro atoms. The molecule has 1 aliphatic heterocycles. The van der Waals surface area contributed by atoms with Gasteiger partial charge in [-0.15, -0.1) is 11.6 Å². The second-order valence-corrected chi connectivity index (χ2v) is 5.33. The van der Waals surface area contributed by atoms with Crippen LogP contribution in [0.3, 0.4) is 0 Å². The van der Waals surface area contributed by atoms with Crippen LogP contribution in [0, 0.1) is 0 Å². The third-order valence-electron chi connectivity index (χ3n) is 3.32. The number of halogens is 2. The van der Waals surface area contributed by atoms with E-state index < -0.39 is 5.38 Å². The molecule has 1 aliphatic rings. The van der Waals surface area contributed by atoms with Crippen molar-refractivity contribution in [1.29, 1.82) is 0 Å². The predicted octanol–water partition coefficient (Wildman–Crippen LogP) is 3.78. The number of nitrogens with zero attached hydrogens (tertiary/aromatic N) is 1. The standard InChI is InChI=1S/C14H11Cl2NO2/c1-17-10-3-2-8(6-9(10)7-13(17)18)14(16)11-4-5-12(15)19-11/h2-6,14H,7H2,1H3. The van der Waals surface area contributed by atoms with Crippen molar-refractivity contribution in [2.75, 3.05) is 11.9 Å². The maximum atomic E-state index is 11.6. The first kappa shape index (κ1) is 12.6. The van der Waals surface area contributed by atoms with Crippen LogP contribution in [0.15, 0.2) is 34.7 Å². The van der Waals surface area contributed by atoms with Crippen molar-refractivity contribution >= 4 is 34.8 Å². The summed E-state index contributed by atoms with van der Waals surface area (Å²) in [6, 6.07) is 9.18. The lowest BCUT2D eigenvalue weighted by atomic mass is 10.0. The highest BCUT2D eigenvalue weighted by molar-refractivity contribution is 6.29. The molecule has 3 nitrogen and oxygen atoms in total. The smallest absolute Gasteiger partial charge is 0.231 e. The minimum absolute atomic E-state index is 0.0966. The molecule has 0 aliphatic carbocycles. The van der Waals surface area contributed by atoms with E-state index in [9.17, 15) is 4.79 Å². The lowest BCUT2D eigenvalue weighted by Gasteiger charge is -2.12. The highest BCUT2D eigenvalue weighted by atomic mass is 35.5. The van der Waals surface area contributed by atoms with Crippen molar-refractivity contribution in [2.24, 2.45) is 0 Å². The zero-order valence-electron chi connectivity index (χ0n) is 10.2. The first-order valence-corrected chi connectivity index (χ1v) is 6.66. The first-order chi connectivity index (χ1) is 9.06. The minimum Gasteiger partial charge on any atom is -0.448 e. The molecule has 1 unspecified atom stereocenters. The maximum Gasteiger partial charge on any atom is 0.231 e. The summed E-state index contributed by atoms with van der Waals surface area (Å²) in [5, 5.41) is -0.0875. The van der Waals surface area contributed by atoms with Gasteiger partial charge in [0.05, 0.1) is 6.42 Å². The Kier molecular flexibility index (Phi) is 3.03. The van der Waals surface area contributed by atoms with Gasteiger partial charge in [0, 0.05) is 12.7 Å². The Morgan fingerprint density at radius 3 is 2.79 bits per heavy atom. The van der Waals surface area contributed by atoms with Gasteiger partial charge in [0.15, 0.2) is 5.22 Å².